The number of alkyl halides is 20. The topological polar surface area (TPSA) is 52.6 Å². The molecule has 0 saturated carbocycles. The molecule has 0 rings (SSSR count). The van der Waals surface area contributed by atoms with Crippen LogP contribution in [-0.2, 0) is 15.7 Å². The van der Waals surface area contributed by atoms with Crippen molar-refractivity contribution >= 4 is 32.6 Å². The maximum atomic E-state index is 13.8. The van der Waals surface area contributed by atoms with E-state index in [-0.39, 0.29) is 0 Å². The molecule has 0 radical (unpaired) electrons. The number of halogens is 20. The van der Waals surface area contributed by atoms with Gasteiger partial charge in [0.25, 0.3) is 0 Å². The third-order valence-electron chi connectivity index (χ3n) is 2.83. The minimum atomic E-state index is -8.66. The molecule has 0 bridgehead atoms. The van der Waals surface area contributed by atoms with Crippen LogP contribution in [-0.4, -0.2) is 58.1 Å². The van der Waals surface area contributed by atoms with Crippen LogP contribution in [0.5, 0.6) is 0 Å². The van der Waals surface area contributed by atoms with Gasteiger partial charge in [-0.2, -0.15) is 0 Å². The second-order valence-corrected chi connectivity index (χ2v) is 8.71. The summed E-state index contributed by atoms with van der Waals surface area (Å²) < 4.78 is 238. The van der Waals surface area contributed by atoms with E-state index in [1.54, 1.807) is 0 Å². The molecule has 0 spiro atoms. The Bertz CT molecular complexity index is 749. The molecular formula is C10F19IO4. The number of hydrogen-bond acceptors (Lipinski definition) is 4. The van der Waals surface area contributed by atoms with Gasteiger partial charge >= 0.3 is 178 Å². The van der Waals surface area contributed by atoms with Crippen molar-refractivity contribution in [3.05, 3.63) is 0 Å². The molecule has 0 fully saturated rings. The molecule has 0 amide bonds. The summed E-state index contributed by atoms with van der Waals surface area (Å²) in [7, 11) is 0. The molecule has 0 N–H and O–H groups in total. The summed E-state index contributed by atoms with van der Waals surface area (Å²) in [5.41, 5.74) is 0. The first-order valence-electron chi connectivity index (χ1n) is 6.65. The van der Waals surface area contributed by atoms with Crippen molar-refractivity contribution in [2.45, 2.75) is 46.1 Å². The first-order valence-corrected chi connectivity index (χ1v) is 9.50. The Morgan fingerprint density at radius 3 is 0.941 bits per heavy atom. The number of carbonyl (C=O) groups is 2. The molecule has 0 unspecified atom stereocenters. The van der Waals surface area contributed by atoms with Crippen LogP contribution in [0.15, 0.2) is 0 Å². The zero-order valence-corrected chi connectivity index (χ0v) is 16.3. The maximum absolute atomic E-state index is 13.8. The first-order chi connectivity index (χ1) is 14.4. The van der Waals surface area contributed by atoms with Crippen LogP contribution in [0.2, 0.25) is 0 Å². The summed E-state index contributed by atoms with van der Waals surface area (Å²) >= 11 is -7.95. The predicted molar refractivity (Wildman–Crippen MR) is 69.1 cm³/mol. The van der Waals surface area contributed by atoms with Crippen molar-refractivity contribution in [2.24, 2.45) is 0 Å². The van der Waals surface area contributed by atoms with E-state index in [1.165, 1.54) is 0 Å². The van der Waals surface area contributed by atoms with E-state index in [0.717, 1.165) is 0 Å². The van der Waals surface area contributed by atoms with Crippen LogP contribution in [0.3, 0.4) is 0 Å². The Morgan fingerprint density at radius 2 is 0.706 bits per heavy atom. The molecule has 0 aliphatic carbocycles. The number of hydrogen-bond donors (Lipinski definition) is 0. The Hall–Kier alpha value is -1.66. The van der Waals surface area contributed by atoms with E-state index < -0.39 is 78.7 Å². The minimum absolute atomic E-state index is 2.32. The molecule has 204 valence electrons. The predicted octanol–water partition coefficient (Wildman–Crippen LogP) is 6.23. The summed E-state index contributed by atoms with van der Waals surface area (Å²) in [4.78, 5) is 20.9. The average Bonchev–Trinajstić information content (AvgIpc) is 2.57. The fourth-order valence-corrected chi connectivity index (χ4v) is 3.94. The quantitative estimate of drug-likeness (QED) is 0.183. The summed E-state index contributed by atoms with van der Waals surface area (Å²) in [6.07, 6.45) is -21.1. The van der Waals surface area contributed by atoms with E-state index in [9.17, 15) is 93.0 Å². The number of rotatable bonds is 7. The van der Waals surface area contributed by atoms with Crippen LogP contribution in [0.4, 0.5) is 83.4 Å². The van der Waals surface area contributed by atoms with Gasteiger partial charge in [-0.15, -0.1) is 0 Å². The molecule has 0 saturated heterocycles. The molecular weight excluding hydrogens is 672 g/mol. The molecule has 0 aromatic rings. The molecule has 0 aromatic carbocycles. The molecule has 0 aliphatic heterocycles. The molecule has 0 aliphatic rings. The second-order valence-electron chi connectivity index (χ2n) is 5.24. The third kappa shape index (κ3) is 5.43. The first kappa shape index (κ1) is 32.3. The molecule has 0 atom stereocenters. The van der Waals surface area contributed by atoms with E-state index in [1.807, 2.05) is 0 Å². The normalized spacial score (nSPS) is 15.7. The zero-order chi connectivity index (χ0) is 28.1. The molecule has 0 heterocycles. The van der Waals surface area contributed by atoms with Crippen molar-refractivity contribution in [3.63, 3.8) is 0 Å². The van der Waals surface area contributed by atoms with Crippen molar-refractivity contribution in [3.8, 4) is 0 Å². The standard InChI is InChI=1S/C10F19IO4/c11-3(12,13)1(31)33-30(34-2(32)4(14,15)16)10(28,29)8(23,24)6(19,20)5(17,18)7(21,22)9(25,26)27. The van der Waals surface area contributed by atoms with Crippen LogP contribution < -0.4 is 0 Å². The van der Waals surface area contributed by atoms with Crippen LogP contribution in [0.1, 0.15) is 0 Å². The molecule has 24 heteroatoms. The second kappa shape index (κ2) is 8.77. The summed E-state index contributed by atoms with van der Waals surface area (Å²) in [6.45, 7) is 0. The van der Waals surface area contributed by atoms with Gasteiger partial charge < -0.3 is 0 Å². The Balaban J connectivity index is 6.81. The van der Waals surface area contributed by atoms with Gasteiger partial charge in [-0.05, 0) is 0 Å². The van der Waals surface area contributed by atoms with Crippen molar-refractivity contribution in [1.82, 2.24) is 0 Å². The zero-order valence-electron chi connectivity index (χ0n) is 14.2. The van der Waals surface area contributed by atoms with Crippen molar-refractivity contribution in [2.75, 3.05) is 0 Å². The van der Waals surface area contributed by atoms with Gasteiger partial charge in [0, 0.05) is 0 Å². The average molecular weight is 672 g/mol. The molecule has 4 nitrogen and oxygen atoms in total. The fourth-order valence-electron chi connectivity index (χ4n) is 1.17. The Morgan fingerprint density at radius 1 is 0.441 bits per heavy atom. The van der Waals surface area contributed by atoms with E-state index in [4.69, 9.17) is 0 Å². The van der Waals surface area contributed by atoms with Gasteiger partial charge in [0.15, 0.2) is 0 Å². The van der Waals surface area contributed by atoms with Gasteiger partial charge in [0.2, 0.25) is 0 Å². The van der Waals surface area contributed by atoms with Gasteiger partial charge in [-0.1, -0.05) is 0 Å². The van der Waals surface area contributed by atoms with Crippen LogP contribution >= 0.6 is 20.6 Å². The van der Waals surface area contributed by atoms with E-state index >= 15 is 0 Å². The van der Waals surface area contributed by atoms with Crippen LogP contribution in [0.25, 0.3) is 0 Å². The van der Waals surface area contributed by atoms with Gasteiger partial charge in [0.1, 0.15) is 0 Å². The van der Waals surface area contributed by atoms with Gasteiger partial charge in [0.05, 0.1) is 0 Å². The van der Waals surface area contributed by atoms with Gasteiger partial charge in [-0.3, -0.25) is 0 Å². The summed E-state index contributed by atoms with van der Waals surface area (Å²) in [5.74, 6) is -42.5. The summed E-state index contributed by atoms with van der Waals surface area (Å²) in [6, 6.07) is 0. The fraction of sp³-hybridized carbons (Fsp3) is 0.800. The van der Waals surface area contributed by atoms with E-state index in [2.05, 4.69) is 6.13 Å². The third-order valence-corrected chi connectivity index (χ3v) is 6.22. The van der Waals surface area contributed by atoms with Gasteiger partial charge in [-0.25, -0.2) is 0 Å². The monoisotopic (exact) mass is 672 g/mol. The van der Waals surface area contributed by atoms with Crippen molar-refractivity contribution < 1.29 is 99.1 Å². The number of carbonyl (C=O) groups excluding carboxylic acids is 2. The molecule has 34 heavy (non-hydrogen) atoms. The SMILES string of the molecule is O=C(OI(OC(=O)C(F)(F)F)C(F)(F)C(F)(F)C(F)(F)C(F)(F)C(F)(F)C(F)(F)F)C(F)(F)F. The Labute approximate surface area is 178 Å². The molecule has 0 aromatic heterocycles. The van der Waals surface area contributed by atoms with Crippen LogP contribution in [0, 0.1) is 0 Å². The van der Waals surface area contributed by atoms with E-state index in [0.29, 0.717) is 0 Å². The Kier molecular flexibility index (Phi) is 8.35. The summed E-state index contributed by atoms with van der Waals surface area (Å²) in [5, 5.41) is 0. The van der Waals surface area contributed by atoms with Crippen molar-refractivity contribution in [1.29, 1.82) is 0 Å².